The number of carbonyl (C=O) groups is 1. The van der Waals surface area contributed by atoms with Crippen molar-refractivity contribution in [2.75, 3.05) is 26.3 Å². The van der Waals surface area contributed by atoms with Gasteiger partial charge in [0.1, 0.15) is 11.6 Å². The minimum atomic E-state index is -3.76. The van der Waals surface area contributed by atoms with Crippen molar-refractivity contribution < 1.29 is 31.5 Å². The number of fused-ring (bicyclic) bond motifs is 1. The Morgan fingerprint density at radius 3 is 2.48 bits per heavy atom. The zero-order valence-corrected chi connectivity index (χ0v) is 19.0. The third-order valence-corrected chi connectivity index (χ3v) is 7.86. The van der Waals surface area contributed by atoms with E-state index < -0.39 is 33.6 Å². The van der Waals surface area contributed by atoms with E-state index in [1.807, 2.05) is 0 Å². The molecule has 1 fully saturated rings. The molecule has 0 aromatic heterocycles. The van der Waals surface area contributed by atoms with E-state index in [-0.39, 0.29) is 29.5 Å². The zero-order chi connectivity index (χ0) is 23.6. The number of amides is 1. The summed E-state index contributed by atoms with van der Waals surface area (Å²) in [6.45, 7) is 2.91. The van der Waals surface area contributed by atoms with Crippen LogP contribution in [0.25, 0.3) is 0 Å². The monoisotopic (exact) mass is 480 g/mol. The Bertz CT molecular complexity index is 1130. The van der Waals surface area contributed by atoms with Gasteiger partial charge in [0.25, 0.3) is 0 Å². The molecule has 0 radical (unpaired) electrons. The number of nitrogens with zero attached hydrogens (tertiary/aromatic N) is 1. The van der Waals surface area contributed by atoms with Gasteiger partial charge in [-0.15, -0.1) is 0 Å². The number of nitrogens with one attached hydrogen (secondary N) is 1. The van der Waals surface area contributed by atoms with Crippen LogP contribution >= 0.6 is 0 Å². The number of rotatable bonds is 5. The molecule has 0 spiro atoms. The summed E-state index contributed by atoms with van der Waals surface area (Å²) in [5.41, 5.74) is 0.0674. The summed E-state index contributed by atoms with van der Waals surface area (Å²) < 4.78 is 66.2. The van der Waals surface area contributed by atoms with Gasteiger partial charge >= 0.3 is 0 Å². The predicted octanol–water partition coefficient (Wildman–Crippen LogP) is 3.40. The molecule has 1 amide bonds. The number of hydrogen-bond acceptors (Lipinski definition) is 5. The molecule has 1 N–H and O–H groups in total. The Morgan fingerprint density at radius 1 is 1.06 bits per heavy atom. The summed E-state index contributed by atoms with van der Waals surface area (Å²) in [6, 6.07) is 6.96. The van der Waals surface area contributed by atoms with Crippen LogP contribution in [-0.2, 0) is 14.8 Å². The van der Waals surface area contributed by atoms with Crippen LogP contribution in [0.2, 0.25) is 0 Å². The molecule has 1 atom stereocenters. The maximum atomic E-state index is 14.0. The van der Waals surface area contributed by atoms with E-state index in [4.69, 9.17) is 9.47 Å². The fraction of sp³-hybridized carbons (Fsp3) is 0.435. The Kier molecular flexibility index (Phi) is 6.85. The number of piperidine rings is 1. The van der Waals surface area contributed by atoms with Crippen LogP contribution in [0.5, 0.6) is 11.5 Å². The fourth-order valence-corrected chi connectivity index (χ4v) is 5.55. The summed E-state index contributed by atoms with van der Waals surface area (Å²) >= 11 is 0. The lowest BCUT2D eigenvalue weighted by molar-refractivity contribution is -0.126. The van der Waals surface area contributed by atoms with Crippen molar-refractivity contribution in [1.29, 1.82) is 0 Å². The first-order valence-electron chi connectivity index (χ1n) is 10.9. The minimum Gasteiger partial charge on any atom is -0.490 e. The molecule has 2 aliphatic heterocycles. The van der Waals surface area contributed by atoms with Crippen molar-refractivity contribution in [3.8, 4) is 11.5 Å². The van der Waals surface area contributed by atoms with E-state index in [9.17, 15) is 22.0 Å². The van der Waals surface area contributed by atoms with Crippen molar-refractivity contribution in [3.63, 3.8) is 0 Å². The number of halogens is 2. The second kappa shape index (κ2) is 9.64. The second-order valence-electron chi connectivity index (χ2n) is 8.23. The quantitative estimate of drug-likeness (QED) is 0.709. The first-order chi connectivity index (χ1) is 15.8. The topological polar surface area (TPSA) is 84.9 Å². The number of sulfonamides is 1. The number of hydrogen-bond donors (Lipinski definition) is 1. The molecule has 0 bridgehead atoms. The molecular weight excluding hydrogens is 454 g/mol. The van der Waals surface area contributed by atoms with E-state index >= 15 is 0 Å². The highest BCUT2D eigenvalue weighted by Crippen LogP contribution is 2.34. The summed E-state index contributed by atoms with van der Waals surface area (Å²) in [7, 11) is -3.76. The van der Waals surface area contributed by atoms with Crippen LogP contribution in [0.1, 0.15) is 37.8 Å². The third-order valence-electron chi connectivity index (χ3n) is 5.96. The van der Waals surface area contributed by atoms with Crippen LogP contribution < -0.4 is 14.8 Å². The van der Waals surface area contributed by atoms with Crippen molar-refractivity contribution >= 4 is 15.9 Å². The molecule has 1 saturated heterocycles. The van der Waals surface area contributed by atoms with Crippen LogP contribution in [0, 0.1) is 17.6 Å². The van der Waals surface area contributed by atoms with Crippen molar-refractivity contribution in [2.45, 2.75) is 37.1 Å². The molecule has 7 nitrogen and oxygen atoms in total. The van der Waals surface area contributed by atoms with Gasteiger partial charge < -0.3 is 14.8 Å². The van der Waals surface area contributed by atoms with Gasteiger partial charge in [-0.25, -0.2) is 17.2 Å². The number of carbonyl (C=O) groups excluding carboxylic acids is 1. The summed E-state index contributed by atoms with van der Waals surface area (Å²) in [4.78, 5) is 12.8. The van der Waals surface area contributed by atoms with Crippen molar-refractivity contribution in [3.05, 3.63) is 53.6 Å². The highest BCUT2D eigenvalue weighted by Gasteiger charge is 2.33. The maximum absolute atomic E-state index is 14.0. The fourth-order valence-electron chi connectivity index (χ4n) is 4.07. The Labute approximate surface area is 191 Å². The van der Waals surface area contributed by atoms with Crippen molar-refractivity contribution in [1.82, 2.24) is 9.62 Å². The molecule has 33 heavy (non-hydrogen) atoms. The molecule has 178 valence electrons. The Hall–Kier alpha value is -2.72. The van der Waals surface area contributed by atoms with Gasteiger partial charge in [-0.2, -0.15) is 4.31 Å². The first kappa shape index (κ1) is 23.4. The van der Waals surface area contributed by atoms with Crippen LogP contribution in [0.15, 0.2) is 41.3 Å². The summed E-state index contributed by atoms with van der Waals surface area (Å²) in [5.74, 6) is -0.980. The maximum Gasteiger partial charge on any atom is 0.243 e. The summed E-state index contributed by atoms with van der Waals surface area (Å²) in [5, 5.41) is 2.72. The van der Waals surface area contributed by atoms with Gasteiger partial charge in [0.2, 0.25) is 15.9 Å². The average Bonchev–Trinajstić information content (AvgIpc) is 3.05. The van der Waals surface area contributed by atoms with Gasteiger partial charge in [-0.3, -0.25) is 4.79 Å². The molecule has 2 aromatic rings. The van der Waals surface area contributed by atoms with E-state index in [1.54, 1.807) is 13.0 Å². The lowest BCUT2D eigenvalue weighted by Gasteiger charge is -2.31. The number of ether oxygens (including phenoxy) is 2. The highest BCUT2D eigenvalue weighted by molar-refractivity contribution is 7.89. The third kappa shape index (κ3) is 5.11. The highest BCUT2D eigenvalue weighted by atomic mass is 32.2. The van der Waals surface area contributed by atoms with E-state index in [1.165, 1.54) is 16.4 Å². The van der Waals surface area contributed by atoms with Crippen LogP contribution in [-0.4, -0.2) is 44.9 Å². The zero-order valence-electron chi connectivity index (χ0n) is 18.2. The minimum absolute atomic E-state index is 0.0674. The molecule has 10 heteroatoms. The van der Waals surface area contributed by atoms with Crippen molar-refractivity contribution in [2.24, 2.45) is 5.92 Å². The molecule has 0 aliphatic carbocycles. The molecule has 2 aromatic carbocycles. The Balaban J connectivity index is 1.38. The van der Waals surface area contributed by atoms with Crippen LogP contribution in [0.4, 0.5) is 8.78 Å². The SMILES string of the molecule is CC(NC(=O)C1CCN(S(=O)(=O)c2ccc3c(c2)OCCCO3)CC1)c1cc(F)ccc1F. The molecule has 2 heterocycles. The Morgan fingerprint density at radius 2 is 1.76 bits per heavy atom. The summed E-state index contributed by atoms with van der Waals surface area (Å²) in [6.07, 6.45) is 1.37. The lowest BCUT2D eigenvalue weighted by atomic mass is 9.96. The molecular formula is C23H26F2N2O5S. The molecule has 0 saturated carbocycles. The second-order valence-corrected chi connectivity index (χ2v) is 10.2. The average molecular weight is 481 g/mol. The standard InChI is InChI=1S/C23H26F2N2O5S/c1-15(19-13-17(24)3-5-20(19)25)26-23(28)16-7-9-27(10-8-16)33(29,30)18-4-6-21-22(14-18)32-12-2-11-31-21/h3-6,13-16H,2,7-12H2,1H3,(H,26,28). The predicted molar refractivity (Wildman–Crippen MR) is 116 cm³/mol. The molecule has 4 rings (SSSR count). The van der Waals surface area contributed by atoms with E-state index in [0.29, 0.717) is 37.6 Å². The van der Waals surface area contributed by atoms with Gasteiger partial charge in [0.15, 0.2) is 11.5 Å². The molecule has 1 unspecified atom stereocenters. The lowest BCUT2D eigenvalue weighted by Crippen LogP contribution is -2.43. The first-order valence-corrected chi connectivity index (χ1v) is 12.3. The van der Waals surface area contributed by atoms with Gasteiger partial charge in [0, 0.05) is 37.1 Å². The largest absolute Gasteiger partial charge is 0.490 e. The van der Waals surface area contributed by atoms with Gasteiger partial charge in [-0.1, -0.05) is 0 Å². The van der Waals surface area contributed by atoms with E-state index in [2.05, 4.69) is 5.32 Å². The molecule has 2 aliphatic rings. The smallest absolute Gasteiger partial charge is 0.243 e. The van der Waals surface area contributed by atoms with E-state index in [0.717, 1.165) is 24.6 Å². The van der Waals surface area contributed by atoms with Gasteiger partial charge in [0.05, 0.1) is 24.2 Å². The van der Waals surface area contributed by atoms with Crippen LogP contribution in [0.3, 0.4) is 0 Å². The normalized spacial score (nSPS) is 18.4. The van der Waals surface area contributed by atoms with Gasteiger partial charge in [-0.05, 0) is 50.1 Å². The number of benzene rings is 2.